The molecule has 7 heteroatoms. The summed E-state index contributed by atoms with van der Waals surface area (Å²) < 4.78 is 0. The van der Waals surface area contributed by atoms with Crippen LogP contribution in [0.15, 0.2) is 36.9 Å². The van der Waals surface area contributed by atoms with Crippen molar-refractivity contribution in [3.05, 3.63) is 47.5 Å². The number of β-amino-alcohol motifs (C(OH)–C–C–N with tert-alkyl or cyclic N) is 1. The van der Waals surface area contributed by atoms with Gasteiger partial charge in [0.15, 0.2) is 11.5 Å². The van der Waals surface area contributed by atoms with Crippen LogP contribution in [0.5, 0.6) is 0 Å². The number of benzene rings is 1. The van der Waals surface area contributed by atoms with Gasteiger partial charge in [-0.1, -0.05) is 23.7 Å². The number of aliphatic hydroxyl groups is 1. The highest BCUT2D eigenvalue weighted by Gasteiger charge is 2.37. The van der Waals surface area contributed by atoms with Crippen molar-refractivity contribution in [3.63, 3.8) is 0 Å². The Labute approximate surface area is 138 Å². The van der Waals surface area contributed by atoms with Gasteiger partial charge < -0.3 is 15.0 Å². The summed E-state index contributed by atoms with van der Waals surface area (Å²) in [5, 5.41) is 11.6. The molecule has 1 saturated heterocycles. The SMILES string of the molecule is OC1(Cc2cccc(Cl)c2)CCN(c2ncnc3nc[nH]c23)C1. The van der Waals surface area contributed by atoms with Gasteiger partial charge in [0.1, 0.15) is 11.8 Å². The van der Waals surface area contributed by atoms with Gasteiger partial charge in [-0.15, -0.1) is 0 Å². The zero-order valence-electron chi connectivity index (χ0n) is 12.4. The van der Waals surface area contributed by atoms with E-state index in [1.807, 2.05) is 24.3 Å². The van der Waals surface area contributed by atoms with Crippen LogP contribution in [0, 0.1) is 0 Å². The Balaban J connectivity index is 1.57. The largest absolute Gasteiger partial charge is 0.388 e. The molecule has 0 amide bonds. The van der Waals surface area contributed by atoms with E-state index in [0.29, 0.717) is 30.1 Å². The smallest absolute Gasteiger partial charge is 0.182 e. The molecule has 1 atom stereocenters. The average molecular weight is 330 g/mol. The molecule has 3 aromatic rings. The Morgan fingerprint density at radius 1 is 1.30 bits per heavy atom. The van der Waals surface area contributed by atoms with Gasteiger partial charge in [0, 0.05) is 24.5 Å². The van der Waals surface area contributed by atoms with E-state index in [1.54, 1.807) is 6.33 Å². The van der Waals surface area contributed by atoms with E-state index in [9.17, 15) is 5.11 Å². The van der Waals surface area contributed by atoms with Gasteiger partial charge in [0.2, 0.25) is 0 Å². The van der Waals surface area contributed by atoms with Crippen LogP contribution in [-0.2, 0) is 6.42 Å². The number of aromatic nitrogens is 4. The Bertz CT molecular complexity index is 851. The molecule has 1 fully saturated rings. The number of hydrogen-bond donors (Lipinski definition) is 2. The van der Waals surface area contributed by atoms with Crippen LogP contribution < -0.4 is 4.90 Å². The van der Waals surface area contributed by atoms with E-state index in [1.165, 1.54) is 6.33 Å². The zero-order chi connectivity index (χ0) is 15.9. The quantitative estimate of drug-likeness (QED) is 0.770. The third-order valence-corrected chi connectivity index (χ3v) is 4.49. The van der Waals surface area contributed by atoms with Gasteiger partial charge >= 0.3 is 0 Å². The molecule has 0 saturated carbocycles. The van der Waals surface area contributed by atoms with Gasteiger partial charge in [-0.2, -0.15) is 0 Å². The predicted octanol–water partition coefficient (Wildman–Crippen LogP) is 2.19. The second kappa shape index (κ2) is 5.47. The average Bonchev–Trinajstić information content (AvgIpc) is 3.13. The summed E-state index contributed by atoms with van der Waals surface area (Å²) in [7, 11) is 0. The molecule has 0 radical (unpaired) electrons. The lowest BCUT2D eigenvalue weighted by Crippen LogP contribution is -2.35. The number of nitrogens with zero attached hydrogens (tertiary/aromatic N) is 4. The van der Waals surface area contributed by atoms with Crippen molar-refractivity contribution in [2.75, 3.05) is 18.0 Å². The van der Waals surface area contributed by atoms with Gasteiger partial charge in [0.05, 0.1) is 11.9 Å². The van der Waals surface area contributed by atoms with Crippen LogP contribution in [0.4, 0.5) is 5.82 Å². The van der Waals surface area contributed by atoms with Crippen molar-refractivity contribution < 1.29 is 5.11 Å². The summed E-state index contributed by atoms with van der Waals surface area (Å²) >= 11 is 6.03. The molecule has 0 bridgehead atoms. The number of hydrogen-bond acceptors (Lipinski definition) is 5. The van der Waals surface area contributed by atoms with E-state index in [0.717, 1.165) is 23.4 Å². The highest BCUT2D eigenvalue weighted by atomic mass is 35.5. The summed E-state index contributed by atoms with van der Waals surface area (Å²) in [5.74, 6) is 0.787. The predicted molar refractivity (Wildman–Crippen MR) is 88.6 cm³/mol. The molecule has 2 aromatic heterocycles. The Kier molecular flexibility index (Phi) is 3.43. The lowest BCUT2D eigenvalue weighted by atomic mass is 9.94. The molecular weight excluding hydrogens is 314 g/mol. The van der Waals surface area contributed by atoms with Crippen molar-refractivity contribution in [1.29, 1.82) is 0 Å². The molecule has 0 aliphatic carbocycles. The van der Waals surface area contributed by atoms with Crippen molar-refractivity contribution in [1.82, 2.24) is 19.9 Å². The first-order valence-electron chi connectivity index (χ1n) is 7.49. The third kappa shape index (κ3) is 2.75. The highest BCUT2D eigenvalue weighted by Crippen LogP contribution is 2.31. The topological polar surface area (TPSA) is 77.9 Å². The number of nitrogens with one attached hydrogen (secondary N) is 1. The van der Waals surface area contributed by atoms with E-state index >= 15 is 0 Å². The number of halogens is 1. The second-order valence-electron chi connectivity index (χ2n) is 6.00. The van der Waals surface area contributed by atoms with Crippen molar-refractivity contribution in [2.24, 2.45) is 0 Å². The monoisotopic (exact) mass is 329 g/mol. The van der Waals surface area contributed by atoms with E-state index in [4.69, 9.17) is 11.6 Å². The lowest BCUT2D eigenvalue weighted by molar-refractivity contribution is 0.0637. The summed E-state index contributed by atoms with van der Waals surface area (Å²) in [6.07, 6.45) is 4.37. The minimum Gasteiger partial charge on any atom is -0.388 e. The van der Waals surface area contributed by atoms with Crippen molar-refractivity contribution in [3.8, 4) is 0 Å². The maximum Gasteiger partial charge on any atom is 0.182 e. The number of aromatic amines is 1. The Morgan fingerprint density at radius 2 is 2.22 bits per heavy atom. The van der Waals surface area contributed by atoms with Crippen molar-refractivity contribution >= 4 is 28.6 Å². The number of imidazole rings is 1. The molecule has 23 heavy (non-hydrogen) atoms. The van der Waals surface area contributed by atoms with Gasteiger partial charge in [-0.25, -0.2) is 15.0 Å². The molecule has 1 aromatic carbocycles. The minimum absolute atomic E-state index is 0.518. The molecule has 4 rings (SSSR count). The molecule has 1 aliphatic heterocycles. The number of fused-ring (bicyclic) bond motifs is 1. The van der Waals surface area contributed by atoms with Crippen LogP contribution in [0.3, 0.4) is 0 Å². The zero-order valence-corrected chi connectivity index (χ0v) is 13.2. The first kappa shape index (κ1) is 14.4. The molecule has 3 heterocycles. The fraction of sp³-hybridized carbons (Fsp3) is 0.312. The summed E-state index contributed by atoms with van der Waals surface area (Å²) in [6.45, 7) is 1.26. The standard InChI is InChI=1S/C16H16ClN5O/c17-12-3-1-2-11(6-12)7-16(23)4-5-22(8-16)15-13-14(19-9-18-13)20-10-21-15/h1-3,6,9-10,23H,4-5,7-8H2,(H,18,19,20,21). The van der Waals surface area contributed by atoms with Crippen LogP contribution >= 0.6 is 11.6 Å². The van der Waals surface area contributed by atoms with Crippen LogP contribution in [0.2, 0.25) is 5.02 Å². The molecular formula is C16H16ClN5O. The molecule has 2 N–H and O–H groups in total. The molecule has 0 spiro atoms. The van der Waals surface area contributed by atoms with Gasteiger partial charge in [-0.05, 0) is 24.1 Å². The fourth-order valence-corrected chi connectivity index (χ4v) is 3.41. The lowest BCUT2D eigenvalue weighted by Gasteiger charge is -2.24. The van der Waals surface area contributed by atoms with E-state index in [-0.39, 0.29) is 0 Å². The van der Waals surface area contributed by atoms with E-state index < -0.39 is 5.60 Å². The maximum atomic E-state index is 10.9. The van der Waals surface area contributed by atoms with Gasteiger partial charge in [0.25, 0.3) is 0 Å². The fourth-order valence-electron chi connectivity index (χ4n) is 3.20. The van der Waals surface area contributed by atoms with E-state index in [2.05, 4.69) is 24.8 Å². The molecule has 1 unspecified atom stereocenters. The molecule has 118 valence electrons. The summed E-state index contributed by atoms with van der Waals surface area (Å²) in [6, 6.07) is 7.64. The maximum absolute atomic E-state index is 10.9. The highest BCUT2D eigenvalue weighted by molar-refractivity contribution is 6.30. The first-order chi connectivity index (χ1) is 11.1. The second-order valence-corrected chi connectivity index (χ2v) is 6.44. The van der Waals surface area contributed by atoms with Crippen molar-refractivity contribution in [2.45, 2.75) is 18.4 Å². The van der Waals surface area contributed by atoms with Crippen LogP contribution in [0.1, 0.15) is 12.0 Å². The minimum atomic E-state index is -0.790. The molecule has 6 nitrogen and oxygen atoms in total. The molecule has 1 aliphatic rings. The van der Waals surface area contributed by atoms with Crippen LogP contribution in [0.25, 0.3) is 11.2 Å². The number of anilines is 1. The summed E-state index contributed by atoms with van der Waals surface area (Å²) in [4.78, 5) is 17.8. The van der Waals surface area contributed by atoms with Gasteiger partial charge in [-0.3, -0.25) is 0 Å². The summed E-state index contributed by atoms with van der Waals surface area (Å²) in [5.41, 5.74) is 1.69. The Hall–Kier alpha value is -2.18. The first-order valence-corrected chi connectivity index (χ1v) is 7.87. The third-order valence-electron chi connectivity index (χ3n) is 4.26. The normalized spacial score (nSPS) is 21.2. The Morgan fingerprint density at radius 3 is 3.09 bits per heavy atom. The number of rotatable bonds is 3. The number of H-pyrrole nitrogens is 1. The van der Waals surface area contributed by atoms with Crippen LogP contribution in [-0.4, -0.2) is 43.7 Å².